The van der Waals surface area contributed by atoms with Crippen molar-refractivity contribution in [2.24, 2.45) is 11.7 Å². The molecular formula is C14H21ClN2O. The van der Waals surface area contributed by atoms with Gasteiger partial charge < -0.3 is 11.1 Å². The molecule has 3 N–H and O–H groups in total. The molecule has 1 aliphatic rings. The highest BCUT2D eigenvalue weighted by Gasteiger charge is 2.29. The lowest BCUT2D eigenvalue weighted by Gasteiger charge is -2.17. The largest absolute Gasteiger partial charge is 0.352 e. The summed E-state index contributed by atoms with van der Waals surface area (Å²) in [5, 5.41) is 3.00. The highest BCUT2D eigenvalue weighted by Crippen LogP contribution is 2.32. The first kappa shape index (κ1) is 15.0. The van der Waals surface area contributed by atoms with Gasteiger partial charge in [-0.15, -0.1) is 12.4 Å². The molecule has 100 valence electrons. The number of amides is 1. The van der Waals surface area contributed by atoms with Crippen molar-refractivity contribution in [1.29, 1.82) is 0 Å². The molecule has 0 aliphatic heterocycles. The zero-order valence-corrected chi connectivity index (χ0v) is 11.5. The highest BCUT2D eigenvalue weighted by molar-refractivity contribution is 5.85. The van der Waals surface area contributed by atoms with Crippen LogP contribution >= 0.6 is 12.4 Å². The van der Waals surface area contributed by atoms with E-state index in [1.807, 2.05) is 30.3 Å². The van der Waals surface area contributed by atoms with Crippen LogP contribution in [0.1, 0.15) is 25.3 Å². The van der Waals surface area contributed by atoms with Crippen LogP contribution in [0.2, 0.25) is 0 Å². The van der Waals surface area contributed by atoms with E-state index >= 15 is 0 Å². The Labute approximate surface area is 115 Å². The van der Waals surface area contributed by atoms with E-state index in [2.05, 4.69) is 12.2 Å². The van der Waals surface area contributed by atoms with Gasteiger partial charge in [0.25, 0.3) is 0 Å². The molecule has 2 atom stereocenters. The Morgan fingerprint density at radius 1 is 1.39 bits per heavy atom. The molecule has 0 heterocycles. The number of rotatable bonds is 5. The summed E-state index contributed by atoms with van der Waals surface area (Å²) in [6, 6.07) is 9.71. The minimum Gasteiger partial charge on any atom is -0.352 e. The maximum absolute atomic E-state index is 11.9. The van der Waals surface area contributed by atoms with Crippen molar-refractivity contribution >= 4 is 18.3 Å². The lowest BCUT2D eigenvalue weighted by molar-refractivity contribution is -0.123. The molecule has 1 aromatic rings. The molecule has 0 spiro atoms. The number of carbonyl (C=O) groups is 1. The minimum atomic E-state index is -0.446. The molecule has 18 heavy (non-hydrogen) atoms. The number of carbonyl (C=O) groups excluding carboxylic acids is 1. The molecule has 0 bridgehead atoms. The van der Waals surface area contributed by atoms with E-state index in [-0.39, 0.29) is 24.4 Å². The van der Waals surface area contributed by atoms with E-state index in [1.54, 1.807) is 0 Å². The summed E-state index contributed by atoms with van der Waals surface area (Å²) in [5.74, 6) is 0.635. The normalized spacial score (nSPS) is 17.4. The summed E-state index contributed by atoms with van der Waals surface area (Å²) in [4.78, 5) is 11.9. The fourth-order valence-electron chi connectivity index (χ4n) is 2.01. The SMILES string of the molecule is CC(NC(=O)[C@@H](N)Cc1ccccc1)C1CC1.Cl. The van der Waals surface area contributed by atoms with E-state index < -0.39 is 6.04 Å². The summed E-state index contributed by atoms with van der Waals surface area (Å²) in [7, 11) is 0. The van der Waals surface area contributed by atoms with E-state index in [0.29, 0.717) is 12.3 Å². The summed E-state index contributed by atoms with van der Waals surface area (Å²) < 4.78 is 0. The number of halogens is 1. The van der Waals surface area contributed by atoms with E-state index in [0.717, 1.165) is 5.56 Å². The second kappa shape index (κ2) is 6.76. The number of benzene rings is 1. The quantitative estimate of drug-likeness (QED) is 0.857. The molecular weight excluding hydrogens is 248 g/mol. The second-order valence-corrected chi connectivity index (χ2v) is 4.93. The smallest absolute Gasteiger partial charge is 0.237 e. The molecule has 1 amide bonds. The average molecular weight is 269 g/mol. The third kappa shape index (κ3) is 4.31. The fourth-order valence-corrected chi connectivity index (χ4v) is 2.01. The first-order valence-electron chi connectivity index (χ1n) is 6.26. The second-order valence-electron chi connectivity index (χ2n) is 4.93. The van der Waals surface area contributed by atoms with Gasteiger partial charge in [-0.1, -0.05) is 30.3 Å². The van der Waals surface area contributed by atoms with Crippen molar-refractivity contribution < 1.29 is 4.79 Å². The number of nitrogens with one attached hydrogen (secondary N) is 1. The van der Waals surface area contributed by atoms with Gasteiger partial charge >= 0.3 is 0 Å². The van der Waals surface area contributed by atoms with Gasteiger partial charge in [0.2, 0.25) is 5.91 Å². The van der Waals surface area contributed by atoms with E-state index in [9.17, 15) is 4.79 Å². The monoisotopic (exact) mass is 268 g/mol. The molecule has 1 saturated carbocycles. The van der Waals surface area contributed by atoms with Crippen LogP contribution in [-0.2, 0) is 11.2 Å². The Morgan fingerprint density at radius 2 is 2.00 bits per heavy atom. The third-order valence-corrected chi connectivity index (χ3v) is 3.33. The van der Waals surface area contributed by atoms with E-state index in [4.69, 9.17) is 5.73 Å². The van der Waals surface area contributed by atoms with Gasteiger partial charge in [0.1, 0.15) is 0 Å². The predicted molar refractivity (Wildman–Crippen MR) is 75.7 cm³/mol. The van der Waals surface area contributed by atoms with Crippen molar-refractivity contribution in [2.75, 3.05) is 0 Å². The molecule has 1 fully saturated rings. The van der Waals surface area contributed by atoms with Crippen LogP contribution < -0.4 is 11.1 Å². The van der Waals surface area contributed by atoms with Crippen molar-refractivity contribution in [2.45, 2.75) is 38.3 Å². The predicted octanol–water partition coefficient (Wildman–Crippen LogP) is 1.89. The van der Waals surface area contributed by atoms with Crippen LogP contribution in [0.3, 0.4) is 0 Å². The van der Waals surface area contributed by atoms with Gasteiger partial charge in [-0.3, -0.25) is 4.79 Å². The van der Waals surface area contributed by atoms with Gasteiger partial charge in [0.15, 0.2) is 0 Å². The first-order chi connectivity index (χ1) is 8.16. The maximum Gasteiger partial charge on any atom is 0.237 e. The molecule has 1 aliphatic carbocycles. The van der Waals surface area contributed by atoms with Gasteiger partial charge in [-0.2, -0.15) is 0 Å². The number of hydrogen-bond acceptors (Lipinski definition) is 2. The molecule has 3 nitrogen and oxygen atoms in total. The van der Waals surface area contributed by atoms with Crippen LogP contribution in [-0.4, -0.2) is 18.0 Å². The molecule has 4 heteroatoms. The first-order valence-corrected chi connectivity index (χ1v) is 6.26. The van der Waals surface area contributed by atoms with Gasteiger partial charge in [-0.05, 0) is 37.7 Å². The van der Waals surface area contributed by atoms with Crippen LogP contribution in [0.5, 0.6) is 0 Å². The van der Waals surface area contributed by atoms with Crippen LogP contribution in [0.15, 0.2) is 30.3 Å². The zero-order valence-electron chi connectivity index (χ0n) is 10.6. The Hall–Kier alpha value is -1.06. The molecule has 1 unspecified atom stereocenters. The molecule has 1 aromatic carbocycles. The van der Waals surface area contributed by atoms with Gasteiger partial charge in [-0.25, -0.2) is 0 Å². The highest BCUT2D eigenvalue weighted by atomic mass is 35.5. The Morgan fingerprint density at radius 3 is 2.56 bits per heavy atom. The van der Waals surface area contributed by atoms with Crippen LogP contribution in [0, 0.1) is 5.92 Å². The van der Waals surface area contributed by atoms with Crippen molar-refractivity contribution in [3.05, 3.63) is 35.9 Å². The third-order valence-electron chi connectivity index (χ3n) is 3.33. The minimum absolute atomic E-state index is 0. The molecule has 0 saturated heterocycles. The number of hydrogen-bond donors (Lipinski definition) is 2. The van der Waals surface area contributed by atoms with Crippen molar-refractivity contribution in [3.8, 4) is 0 Å². The Balaban J connectivity index is 0.00000162. The van der Waals surface area contributed by atoms with Gasteiger partial charge in [0.05, 0.1) is 6.04 Å². The summed E-state index contributed by atoms with van der Waals surface area (Å²) in [6.07, 6.45) is 3.06. The standard InChI is InChI=1S/C14H20N2O.ClH/c1-10(12-7-8-12)16-14(17)13(15)9-11-5-3-2-4-6-11;/h2-6,10,12-13H,7-9,15H2,1H3,(H,16,17);1H/t10?,13-;/m0./s1. The Bertz CT molecular complexity index is 379. The fraction of sp³-hybridized carbons (Fsp3) is 0.500. The van der Waals surface area contributed by atoms with Crippen molar-refractivity contribution in [1.82, 2.24) is 5.32 Å². The lowest BCUT2D eigenvalue weighted by atomic mass is 10.1. The van der Waals surface area contributed by atoms with Crippen LogP contribution in [0.25, 0.3) is 0 Å². The van der Waals surface area contributed by atoms with Gasteiger partial charge in [0, 0.05) is 6.04 Å². The van der Waals surface area contributed by atoms with Crippen molar-refractivity contribution in [3.63, 3.8) is 0 Å². The summed E-state index contributed by atoms with van der Waals surface area (Å²) in [6.45, 7) is 2.06. The Kier molecular flexibility index (Phi) is 5.63. The lowest BCUT2D eigenvalue weighted by Crippen LogP contribution is -2.46. The van der Waals surface area contributed by atoms with E-state index in [1.165, 1.54) is 12.8 Å². The maximum atomic E-state index is 11.9. The van der Waals surface area contributed by atoms with Crippen LogP contribution in [0.4, 0.5) is 0 Å². The zero-order chi connectivity index (χ0) is 12.3. The molecule has 2 rings (SSSR count). The summed E-state index contributed by atoms with van der Waals surface area (Å²) in [5.41, 5.74) is 7.01. The molecule has 0 aromatic heterocycles. The topological polar surface area (TPSA) is 55.1 Å². The molecule has 0 radical (unpaired) electrons. The number of nitrogens with two attached hydrogens (primary N) is 1. The summed E-state index contributed by atoms with van der Waals surface area (Å²) >= 11 is 0. The average Bonchev–Trinajstić information content (AvgIpc) is 3.14.